The van der Waals surface area contributed by atoms with Gasteiger partial charge in [0.05, 0.1) is 12.4 Å². The molecular formula is C13H22N4O. The van der Waals surface area contributed by atoms with E-state index in [2.05, 4.69) is 16.5 Å². The smallest absolute Gasteiger partial charge is 0.239 e. The molecular weight excluding hydrogens is 228 g/mol. The van der Waals surface area contributed by atoms with Crippen LogP contribution in [0.25, 0.3) is 0 Å². The summed E-state index contributed by atoms with van der Waals surface area (Å²) < 4.78 is 2.13. The molecule has 1 aliphatic heterocycles. The molecule has 0 spiro atoms. The van der Waals surface area contributed by atoms with E-state index in [1.807, 2.05) is 17.4 Å². The standard InChI is InChI=1S/C13H22N4O/c1-2-3-12(14)13(18)16-7-4-11(5-8-16)17-9-6-15-10-17/h6,9-12H,2-5,7-8,14H2,1H3. The second-order valence-electron chi connectivity index (χ2n) is 4.96. The van der Waals surface area contributed by atoms with Crippen molar-refractivity contribution < 1.29 is 4.79 Å². The van der Waals surface area contributed by atoms with Crippen molar-refractivity contribution in [3.63, 3.8) is 0 Å². The molecule has 0 radical (unpaired) electrons. The molecule has 5 heteroatoms. The Balaban J connectivity index is 1.85. The van der Waals surface area contributed by atoms with Gasteiger partial charge in [0, 0.05) is 31.5 Å². The van der Waals surface area contributed by atoms with Gasteiger partial charge >= 0.3 is 0 Å². The lowest BCUT2D eigenvalue weighted by molar-refractivity contribution is -0.134. The highest BCUT2D eigenvalue weighted by molar-refractivity contribution is 5.81. The molecule has 0 aliphatic carbocycles. The van der Waals surface area contributed by atoms with Crippen molar-refractivity contribution in [3.05, 3.63) is 18.7 Å². The fourth-order valence-corrected chi connectivity index (χ4v) is 2.54. The van der Waals surface area contributed by atoms with Crippen LogP contribution in [0.15, 0.2) is 18.7 Å². The van der Waals surface area contributed by atoms with Gasteiger partial charge in [-0.15, -0.1) is 0 Å². The number of hydrogen-bond donors (Lipinski definition) is 1. The average molecular weight is 250 g/mol. The summed E-state index contributed by atoms with van der Waals surface area (Å²) in [4.78, 5) is 18.0. The van der Waals surface area contributed by atoms with Crippen molar-refractivity contribution in [2.24, 2.45) is 5.73 Å². The second kappa shape index (κ2) is 6.00. The van der Waals surface area contributed by atoms with E-state index >= 15 is 0 Å². The quantitative estimate of drug-likeness (QED) is 0.872. The minimum atomic E-state index is -0.320. The Morgan fingerprint density at radius 3 is 2.78 bits per heavy atom. The zero-order valence-corrected chi connectivity index (χ0v) is 11.0. The number of amides is 1. The van der Waals surface area contributed by atoms with Gasteiger partial charge in [-0.3, -0.25) is 4.79 Å². The fraction of sp³-hybridized carbons (Fsp3) is 0.692. The van der Waals surface area contributed by atoms with Crippen molar-refractivity contribution in [1.29, 1.82) is 0 Å². The largest absolute Gasteiger partial charge is 0.341 e. The van der Waals surface area contributed by atoms with Gasteiger partial charge < -0.3 is 15.2 Å². The summed E-state index contributed by atoms with van der Waals surface area (Å²) in [5, 5.41) is 0. The number of carbonyl (C=O) groups is 1. The SMILES string of the molecule is CCCC(N)C(=O)N1CCC(n2ccnc2)CC1. The number of rotatable bonds is 4. The normalized spacial score (nSPS) is 18.9. The Labute approximate surface area is 108 Å². The molecule has 2 rings (SSSR count). The lowest BCUT2D eigenvalue weighted by atomic mass is 10.0. The van der Waals surface area contributed by atoms with E-state index in [1.54, 1.807) is 6.20 Å². The van der Waals surface area contributed by atoms with Crippen LogP contribution in [0.1, 0.15) is 38.6 Å². The molecule has 1 fully saturated rings. The maximum Gasteiger partial charge on any atom is 0.239 e. The summed E-state index contributed by atoms with van der Waals surface area (Å²) in [6, 6.07) is 0.152. The number of piperidine rings is 1. The minimum absolute atomic E-state index is 0.112. The summed E-state index contributed by atoms with van der Waals surface area (Å²) in [7, 11) is 0. The third kappa shape index (κ3) is 2.90. The number of carbonyl (C=O) groups excluding carboxylic acids is 1. The molecule has 1 aromatic heterocycles. The minimum Gasteiger partial charge on any atom is -0.341 e. The number of nitrogens with zero attached hydrogens (tertiary/aromatic N) is 3. The maximum atomic E-state index is 12.1. The van der Waals surface area contributed by atoms with Gasteiger partial charge in [0.15, 0.2) is 0 Å². The summed E-state index contributed by atoms with van der Waals surface area (Å²) in [5.41, 5.74) is 5.88. The Morgan fingerprint density at radius 2 is 2.22 bits per heavy atom. The number of likely N-dealkylation sites (tertiary alicyclic amines) is 1. The molecule has 0 bridgehead atoms. The summed E-state index contributed by atoms with van der Waals surface area (Å²) >= 11 is 0. The van der Waals surface area contributed by atoms with Crippen LogP contribution in [0.4, 0.5) is 0 Å². The molecule has 1 aromatic rings. The van der Waals surface area contributed by atoms with Crippen molar-refractivity contribution in [3.8, 4) is 0 Å². The molecule has 1 aliphatic rings. The van der Waals surface area contributed by atoms with Crippen LogP contribution in [-0.2, 0) is 4.79 Å². The lowest BCUT2D eigenvalue weighted by Crippen LogP contribution is -2.47. The first kappa shape index (κ1) is 13.1. The summed E-state index contributed by atoms with van der Waals surface area (Å²) in [6.45, 7) is 3.66. The van der Waals surface area contributed by atoms with Crippen LogP contribution in [0.3, 0.4) is 0 Å². The molecule has 0 saturated carbocycles. The molecule has 1 amide bonds. The highest BCUT2D eigenvalue weighted by Gasteiger charge is 2.26. The highest BCUT2D eigenvalue weighted by Crippen LogP contribution is 2.22. The van der Waals surface area contributed by atoms with E-state index in [9.17, 15) is 4.79 Å². The van der Waals surface area contributed by atoms with E-state index in [4.69, 9.17) is 5.73 Å². The van der Waals surface area contributed by atoms with Gasteiger partial charge in [0.25, 0.3) is 0 Å². The third-order valence-corrected chi connectivity index (χ3v) is 3.64. The van der Waals surface area contributed by atoms with Crippen molar-refractivity contribution in [2.75, 3.05) is 13.1 Å². The van der Waals surface area contributed by atoms with Crippen LogP contribution >= 0.6 is 0 Å². The first-order valence-corrected chi connectivity index (χ1v) is 6.74. The number of aromatic nitrogens is 2. The molecule has 100 valence electrons. The third-order valence-electron chi connectivity index (χ3n) is 3.64. The van der Waals surface area contributed by atoms with Gasteiger partial charge in [-0.05, 0) is 19.3 Å². The maximum absolute atomic E-state index is 12.1. The van der Waals surface area contributed by atoms with Crippen LogP contribution in [0.2, 0.25) is 0 Å². The number of nitrogens with two attached hydrogens (primary N) is 1. The molecule has 1 atom stereocenters. The van der Waals surface area contributed by atoms with Gasteiger partial charge in [0.1, 0.15) is 0 Å². The first-order valence-electron chi connectivity index (χ1n) is 6.74. The fourth-order valence-electron chi connectivity index (χ4n) is 2.54. The number of imidazole rings is 1. The molecule has 5 nitrogen and oxygen atoms in total. The van der Waals surface area contributed by atoms with E-state index in [0.29, 0.717) is 6.04 Å². The molecule has 0 aromatic carbocycles. The molecule has 18 heavy (non-hydrogen) atoms. The van der Waals surface area contributed by atoms with E-state index < -0.39 is 0 Å². The zero-order valence-electron chi connectivity index (χ0n) is 11.0. The highest BCUT2D eigenvalue weighted by atomic mass is 16.2. The van der Waals surface area contributed by atoms with Gasteiger partial charge in [-0.2, -0.15) is 0 Å². The first-order chi connectivity index (χ1) is 8.72. The van der Waals surface area contributed by atoms with Crippen LogP contribution in [0, 0.1) is 0 Å². The van der Waals surface area contributed by atoms with Crippen molar-refractivity contribution in [1.82, 2.24) is 14.5 Å². The lowest BCUT2D eigenvalue weighted by Gasteiger charge is -2.34. The predicted molar refractivity (Wildman–Crippen MR) is 70.0 cm³/mol. The molecule has 1 unspecified atom stereocenters. The van der Waals surface area contributed by atoms with Crippen molar-refractivity contribution in [2.45, 2.75) is 44.7 Å². The molecule has 2 heterocycles. The number of hydrogen-bond acceptors (Lipinski definition) is 3. The average Bonchev–Trinajstić information content (AvgIpc) is 2.92. The topological polar surface area (TPSA) is 64.2 Å². The summed E-state index contributed by atoms with van der Waals surface area (Å²) in [5.74, 6) is 0.112. The second-order valence-corrected chi connectivity index (χ2v) is 4.96. The summed E-state index contributed by atoms with van der Waals surface area (Å²) in [6.07, 6.45) is 9.35. The van der Waals surface area contributed by atoms with Gasteiger partial charge in [-0.1, -0.05) is 13.3 Å². The Morgan fingerprint density at radius 1 is 1.50 bits per heavy atom. The molecule has 2 N–H and O–H groups in total. The Kier molecular flexibility index (Phi) is 4.36. The van der Waals surface area contributed by atoms with E-state index in [1.165, 1.54) is 0 Å². The van der Waals surface area contributed by atoms with Gasteiger partial charge in [0.2, 0.25) is 5.91 Å². The van der Waals surface area contributed by atoms with Gasteiger partial charge in [-0.25, -0.2) is 4.98 Å². The van der Waals surface area contributed by atoms with Crippen molar-refractivity contribution >= 4 is 5.91 Å². The zero-order chi connectivity index (χ0) is 13.0. The Hall–Kier alpha value is -1.36. The Bertz CT molecular complexity index is 368. The van der Waals surface area contributed by atoms with E-state index in [0.717, 1.165) is 38.8 Å². The van der Waals surface area contributed by atoms with E-state index in [-0.39, 0.29) is 11.9 Å². The van der Waals surface area contributed by atoms with Crippen LogP contribution < -0.4 is 5.73 Å². The van der Waals surface area contributed by atoms with Crippen LogP contribution in [0.5, 0.6) is 0 Å². The predicted octanol–water partition coefficient (Wildman–Crippen LogP) is 1.17. The molecule has 1 saturated heterocycles. The monoisotopic (exact) mass is 250 g/mol. The van der Waals surface area contributed by atoms with Crippen LogP contribution in [-0.4, -0.2) is 39.5 Å².